The van der Waals surface area contributed by atoms with Crippen molar-refractivity contribution in [2.24, 2.45) is 5.92 Å². The Morgan fingerprint density at radius 2 is 1.86 bits per heavy atom. The first kappa shape index (κ1) is 12.0. The van der Waals surface area contributed by atoms with Crippen molar-refractivity contribution < 1.29 is 0 Å². The van der Waals surface area contributed by atoms with Crippen molar-refractivity contribution in [1.82, 2.24) is 10.2 Å². The molecule has 1 atom stereocenters. The van der Waals surface area contributed by atoms with Crippen LogP contribution >= 0.6 is 0 Å². The van der Waals surface area contributed by atoms with E-state index in [-0.39, 0.29) is 0 Å². The molecule has 84 valence electrons. The first-order valence-corrected chi connectivity index (χ1v) is 6.04. The average molecular weight is 198 g/mol. The maximum absolute atomic E-state index is 3.44. The number of likely N-dealkylation sites (N-methyl/N-ethyl adjacent to an activating group) is 2. The van der Waals surface area contributed by atoms with Crippen LogP contribution in [0.4, 0.5) is 0 Å². The minimum atomic E-state index is 0.688. The van der Waals surface area contributed by atoms with Crippen LogP contribution < -0.4 is 5.32 Å². The molecule has 1 aliphatic rings. The van der Waals surface area contributed by atoms with Gasteiger partial charge in [-0.05, 0) is 33.5 Å². The summed E-state index contributed by atoms with van der Waals surface area (Å²) in [5.41, 5.74) is 0. The van der Waals surface area contributed by atoms with Crippen LogP contribution in [0.3, 0.4) is 0 Å². The number of rotatable bonds is 5. The highest BCUT2D eigenvalue weighted by Gasteiger charge is 2.18. The van der Waals surface area contributed by atoms with Crippen molar-refractivity contribution in [3.8, 4) is 0 Å². The first-order valence-electron chi connectivity index (χ1n) is 6.04. The van der Waals surface area contributed by atoms with Crippen molar-refractivity contribution in [2.45, 2.75) is 44.6 Å². The molecule has 0 spiro atoms. The lowest BCUT2D eigenvalue weighted by Gasteiger charge is -2.28. The molecule has 0 unspecified atom stereocenters. The second-order valence-electron chi connectivity index (χ2n) is 4.99. The summed E-state index contributed by atoms with van der Waals surface area (Å²) in [6.45, 7) is 1.17. The van der Waals surface area contributed by atoms with E-state index in [4.69, 9.17) is 0 Å². The van der Waals surface area contributed by atoms with Gasteiger partial charge in [0, 0.05) is 12.6 Å². The highest BCUT2D eigenvalue weighted by molar-refractivity contribution is 4.75. The number of nitrogens with zero attached hydrogens (tertiary/aromatic N) is 1. The fraction of sp³-hybridized carbons (Fsp3) is 1.00. The van der Waals surface area contributed by atoms with Gasteiger partial charge >= 0.3 is 0 Å². The zero-order valence-electron chi connectivity index (χ0n) is 10.1. The molecule has 1 N–H and O–H groups in total. The van der Waals surface area contributed by atoms with E-state index in [2.05, 4.69) is 31.4 Å². The van der Waals surface area contributed by atoms with E-state index in [1.165, 1.54) is 45.1 Å². The summed E-state index contributed by atoms with van der Waals surface area (Å²) in [7, 11) is 6.41. The van der Waals surface area contributed by atoms with E-state index in [1.54, 1.807) is 0 Å². The molecule has 0 aliphatic heterocycles. The smallest absolute Gasteiger partial charge is 0.0194 e. The molecule has 0 aromatic carbocycles. The third-order valence-corrected chi connectivity index (χ3v) is 3.34. The molecule has 0 aromatic heterocycles. The van der Waals surface area contributed by atoms with Crippen molar-refractivity contribution in [1.29, 1.82) is 0 Å². The molecule has 0 radical (unpaired) electrons. The van der Waals surface area contributed by atoms with Gasteiger partial charge in [0.05, 0.1) is 0 Å². The van der Waals surface area contributed by atoms with Gasteiger partial charge in [0.25, 0.3) is 0 Å². The van der Waals surface area contributed by atoms with Gasteiger partial charge in [-0.15, -0.1) is 0 Å². The molecule has 2 nitrogen and oxygen atoms in total. The summed E-state index contributed by atoms with van der Waals surface area (Å²) in [5.74, 6) is 0.987. The monoisotopic (exact) mass is 198 g/mol. The van der Waals surface area contributed by atoms with Crippen LogP contribution in [-0.4, -0.2) is 38.6 Å². The van der Waals surface area contributed by atoms with Gasteiger partial charge in [-0.25, -0.2) is 0 Å². The minimum Gasteiger partial charge on any atom is -0.316 e. The zero-order valence-corrected chi connectivity index (χ0v) is 10.1. The van der Waals surface area contributed by atoms with Crippen molar-refractivity contribution in [2.75, 3.05) is 27.7 Å². The highest BCUT2D eigenvalue weighted by Crippen LogP contribution is 2.27. The summed E-state index contributed by atoms with van der Waals surface area (Å²) in [6, 6.07) is 0.688. The van der Waals surface area contributed by atoms with Crippen LogP contribution in [0.5, 0.6) is 0 Å². The summed E-state index contributed by atoms with van der Waals surface area (Å²) >= 11 is 0. The van der Waals surface area contributed by atoms with E-state index in [0.717, 1.165) is 5.92 Å². The molecule has 0 bridgehead atoms. The lowest BCUT2D eigenvalue weighted by atomic mass is 9.85. The van der Waals surface area contributed by atoms with Crippen molar-refractivity contribution >= 4 is 0 Å². The van der Waals surface area contributed by atoms with E-state index >= 15 is 0 Å². The van der Waals surface area contributed by atoms with Gasteiger partial charge in [0.1, 0.15) is 0 Å². The molecular weight excluding hydrogens is 172 g/mol. The molecule has 0 aromatic rings. The maximum Gasteiger partial charge on any atom is 0.0194 e. The Labute approximate surface area is 89.1 Å². The van der Waals surface area contributed by atoms with Crippen LogP contribution in [-0.2, 0) is 0 Å². The predicted octanol–water partition coefficient (Wildman–Crippen LogP) is 2.11. The Morgan fingerprint density at radius 3 is 2.36 bits per heavy atom. The first-order chi connectivity index (χ1) is 6.72. The third-order valence-electron chi connectivity index (χ3n) is 3.34. The largest absolute Gasteiger partial charge is 0.316 e. The molecule has 0 saturated heterocycles. The summed E-state index contributed by atoms with van der Waals surface area (Å²) < 4.78 is 0. The molecule has 0 heterocycles. The maximum atomic E-state index is 3.44. The second kappa shape index (κ2) is 6.41. The van der Waals surface area contributed by atoms with Gasteiger partial charge < -0.3 is 10.2 Å². The molecule has 1 rings (SSSR count). The Hall–Kier alpha value is -0.0800. The Morgan fingerprint density at radius 1 is 1.21 bits per heavy atom. The third kappa shape index (κ3) is 4.43. The molecule has 1 saturated carbocycles. The van der Waals surface area contributed by atoms with E-state index < -0.39 is 0 Å². The predicted molar refractivity (Wildman–Crippen MR) is 62.6 cm³/mol. The number of hydrogen-bond donors (Lipinski definition) is 1. The Balaban J connectivity index is 2.23. The lowest BCUT2D eigenvalue weighted by Crippen LogP contribution is -2.37. The molecule has 14 heavy (non-hydrogen) atoms. The summed E-state index contributed by atoms with van der Waals surface area (Å²) in [5, 5.41) is 3.44. The van der Waals surface area contributed by atoms with E-state index in [9.17, 15) is 0 Å². The van der Waals surface area contributed by atoms with Gasteiger partial charge in [-0.2, -0.15) is 0 Å². The minimum absolute atomic E-state index is 0.688. The molecular formula is C12H26N2. The molecule has 2 heteroatoms. The Kier molecular flexibility index (Phi) is 5.49. The van der Waals surface area contributed by atoms with Gasteiger partial charge in [-0.3, -0.25) is 0 Å². The van der Waals surface area contributed by atoms with Crippen LogP contribution in [0.1, 0.15) is 38.5 Å². The standard InChI is InChI=1S/C12H26N2/c1-13-12(10-14(2)3)9-11-7-5-4-6-8-11/h11-13H,4-10H2,1-3H3/t12-/m1/s1. The second-order valence-corrected chi connectivity index (χ2v) is 4.99. The quantitative estimate of drug-likeness (QED) is 0.728. The zero-order chi connectivity index (χ0) is 10.4. The van der Waals surface area contributed by atoms with Crippen LogP contribution in [0.25, 0.3) is 0 Å². The molecule has 0 amide bonds. The SMILES string of the molecule is CN[C@H](CC1CCCCC1)CN(C)C. The lowest BCUT2D eigenvalue weighted by molar-refractivity contribution is 0.265. The summed E-state index contributed by atoms with van der Waals surface area (Å²) in [4.78, 5) is 2.28. The summed E-state index contributed by atoms with van der Waals surface area (Å²) in [6.07, 6.45) is 8.69. The van der Waals surface area contributed by atoms with Gasteiger partial charge in [-0.1, -0.05) is 32.1 Å². The van der Waals surface area contributed by atoms with Crippen LogP contribution in [0.2, 0.25) is 0 Å². The van der Waals surface area contributed by atoms with E-state index in [1.807, 2.05) is 0 Å². The Bertz CT molecular complexity index is 139. The van der Waals surface area contributed by atoms with Gasteiger partial charge in [0.15, 0.2) is 0 Å². The fourth-order valence-corrected chi connectivity index (χ4v) is 2.55. The van der Waals surface area contributed by atoms with E-state index in [0.29, 0.717) is 6.04 Å². The van der Waals surface area contributed by atoms with Crippen molar-refractivity contribution in [3.05, 3.63) is 0 Å². The topological polar surface area (TPSA) is 15.3 Å². The average Bonchev–Trinajstić information content (AvgIpc) is 2.17. The van der Waals surface area contributed by atoms with Crippen LogP contribution in [0.15, 0.2) is 0 Å². The van der Waals surface area contributed by atoms with Gasteiger partial charge in [0.2, 0.25) is 0 Å². The van der Waals surface area contributed by atoms with Crippen LogP contribution in [0, 0.1) is 5.92 Å². The van der Waals surface area contributed by atoms with Crippen molar-refractivity contribution in [3.63, 3.8) is 0 Å². The normalized spacial score (nSPS) is 21.4. The fourth-order valence-electron chi connectivity index (χ4n) is 2.55. The number of nitrogens with one attached hydrogen (secondary N) is 1. The highest BCUT2D eigenvalue weighted by atomic mass is 15.1. The molecule has 1 fully saturated rings. The molecule has 1 aliphatic carbocycles. The number of hydrogen-bond acceptors (Lipinski definition) is 2.